The van der Waals surface area contributed by atoms with Crippen LogP contribution in [-0.4, -0.2) is 64.4 Å². The van der Waals surface area contributed by atoms with E-state index in [2.05, 4.69) is 25.8 Å². The number of aromatic nitrogens is 3. The molecule has 0 aromatic carbocycles. The molecule has 2 aliphatic rings. The molecule has 0 unspecified atom stereocenters. The van der Waals surface area contributed by atoms with Crippen LogP contribution in [-0.2, 0) is 11.2 Å². The fraction of sp³-hybridized carbons (Fsp3) is 0.500. The van der Waals surface area contributed by atoms with Gasteiger partial charge in [0.15, 0.2) is 11.7 Å². The van der Waals surface area contributed by atoms with Crippen molar-refractivity contribution in [2.75, 3.05) is 32.6 Å². The molecule has 1 amide bonds. The molecule has 2 aliphatic heterocycles. The maximum Gasteiger partial charge on any atom is 0.316 e. The molecular weight excluding hydrogens is 427 g/mol. The molecule has 2 aromatic rings. The number of amides is 1. The third-order valence-electron chi connectivity index (χ3n) is 6.43. The third-order valence-corrected chi connectivity index (χ3v) is 6.43. The van der Waals surface area contributed by atoms with E-state index in [0.717, 1.165) is 48.1 Å². The number of likely N-dealkylation sites (tertiary alicyclic amines) is 1. The Morgan fingerprint density at radius 3 is 2.94 bits per heavy atom. The summed E-state index contributed by atoms with van der Waals surface area (Å²) < 4.78 is 19.3. The largest absolute Gasteiger partial charge is 0.467 e. The van der Waals surface area contributed by atoms with Crippen molar-refractivity contribution in [2.45, 2.75) is 44.6 Å². The summed E-state index contributed by atoms with van der Waals surface area (Å²) in [5, 5.41) is 7.64. The number of halogens is 1. The smallest absolute Gasteiger partial charge is 0.316 e. The first-order valence-electron chi connectivity index (χ1n) is 10.9. The van der Waals surface area contributed by atoms with Gasteiger partial charge in [0, 0.05) is 25.7 Å². The van der Waals surface area contributed by atoms with Crippen LogP contribution in [0.5, 0.6) is 6.01 Å². The maximum atomic E-state index is 14.3. The van der Waals surface area contributed by atoms with Crippen LogP contribution in [0, 0.1) is 12.7 Å². The Kier molecular flexibility index (Phi) is 6.05. The number of hydrogen-bond acceptors (Lipinski definition) is 8. The van der Waals surface area contributed by atoms with E-state index in [1.807, 2.05) is 13.0 Å². The van der Waals surface area contributed by atoms with Crippen LogP contribution in [0.3, 0.4) is 0 Å². The molecule has 4 rings (SSSR count). The number of anilines is 1. The number of nitrogens with two attached hydrogens (primary N) is 1. The van der Waals surface area contributed by atoms with Gasteiger partial charge in [0.05, 0.1) is 36.2 Å². The lowest BCUT2D eigenvalue weighted by molar-refractivity contribution is -0.131. The number of carbonyl (C=O) groups excluding carboxylic acids is 1. The van der Waals surface area contributed by atoms with Crippen molar-refractivity contribution in [2.24, 2.45) is 10.8 Å². The normalized spacial score (nSPS) is 20.9. The van der Waals surface area contributed by atoms with Gasteiger partial charge in [-0.1, -0.05) is 0 Å². The minimum atomic E-state index is -0.745. The van der Waals surface area contributed by atoms with Crippen LogP contribution < -0.4 is 21.2 Å². The number of fused-ring (bicyclic) bond motifs is 1. The summed E-state index contributed by atoms with van der Waals surface area (Å²) >= 11 is 0. The van der Waals surface area contributed by atoms with Gasteiger partial charge in [-0.25, -0.2) is 14.4 Å². The van der Waals surface area contributed by atoms with Gasteiger partial charge >= 0.3 is 6.01 Å². The molecule has 2 aromatic heterocycles. The van der Waals surface area contributed by atoms with Crippen molar-refractivity contribution in [1.29, 1.82) is 0 Å². The highest BCUT2D eigenvalue weighted by molar-refractivity contribution is 5.98. The minimum Gasteiger partial charge on any atom is -0.467 e. The first kappa shape index (κ1) is 22.7. The van der Waals surface area contributed by atoms with E-state index in [4.69, 9.17) is 15.5 Å². The number of ether oxygens (including phenoxy) is 1. The molecule has 1 spiro atoms. The average molecular weight is 457 g/mol. The first-order chi connectivity index (χ1) is 15.8. The van der Waals surface area contributed by atoms with E-state index >= 15 is 0 Å². The van der Waals surface area contributed by atoms with Gasteiger partial charge in [0.25, 0.3) is 0 Å². The number of hydrazone groups is 1. The third kappa shape index (κ3) is 4.27. The number of pyridine rings is 1. The summed E-state index contributed by atoms with van der Waals surface area (Å²) in [7, 11) is 3.10. The van der Waals surface area contributed by atoms with Crippen molar-refractivity contribution in [3.05, 3.63) is 40.6 Å². The summed E-state index contributed by atoms with van der Waals surface area (Å²) in [5.41, 5.74) is 11.2. The lowest BCUT2D eigenvalue weighted by Gasteiger charge is -2.36. The van der Waals surface area contributed by atoms with Gasteiger partial charge < -0.3 is 26.1 Å². The fourth-order valence-corrected chi connectivity index (χ4v) is 4.60. The van der Waals surface area contributed by atoms with E-state index in [-0.39, 0.29) is 23.2 Å². The van der Waals surface area contributed by atoms with Crippen molar-refractivity contribution in [3.8, 4) is 6.01 Å². The number of carbonyl (C=O) groups is 1. The highest BCUT2D eigenvalue weighted by Gasteiger charge is 2.43. The molecule has 11 heteroatoms. The van der Waals surface area contributed by atoms with Gasteiger partial charge in [-0.15, -0.1) is 0 Å². The summed E-state index contributed by atoms with van der Waals surface area (Å²) in [6.45, 7) is 4.65. The summed E-state index contributed by atoms with van der Waals surface area (Å²) in [5.74, 6) is -0.328. The Morgan fingerprint density at radius 2 is 2.21 bits per heavy atom. The lowest BCUT2D eigenvalue weighted by Crippen LogP contribution is -2.46. The van der Waals surface area contributed by atoms with E-state index in [9.17, 15) is 9.18 Å². The van der Waals surface area contributed by atoms with Gasteiger partial charge in [-0.3, -0.25) is 4.79 Å². The van der Waals surface area contributed by atoms with Crippen LogP contribution in [0.2, 0.25) is 0 Å². The van der Waals surface area contributed by atoms with Crippen LogP contribution >= 0.6 is 0 Å². The molecule has 10 nitrogen and oxygen atoms in total. The second-order valence-electron chi connectivity index (χ2n) is 8.58. The monoisotopic (exact) mass is 456 g/mol. The number of nitrogens with zero attached hydrogens (tertiary/aromatic N) is 5. The summed E-state index contributed by atoms with van der Waals surface area (Å²) in [6.07, 6.45) is 3.48. The first-order valence-corrected chi connectivity index (χ1v) is 10.9. The van der Waals surface area contributed by atoms with Gasteiger partial charge in [-0.05, 0) is 44.7 Å². The zero-order valence-corrected chi connectivity index (χ0v) is 19.3. The Bertz CT molecular complexity index is 1110. The standard InChI is InChI=1S/C22H29FN8O2/c1-12(17-16(23)10-26-21(28-17)33-4)20(32)31-8-7-22(11-31)6-5-14-9-15(18(24)30-25-3)13(2)27-19(14)29-22/h9-10,12,25H,5-8,11H2,1-4H3,(H2,24,30)(H,27,29)/t12-,22-/m0/s1. The molecular formula is C22H29FN8O2. The van der Waals surface area contributed by atoms with E-state index in [1.165, 1.54) is 7.11 Å². The van der Waals surface area contributed by atoms with Gasteiger partial charge in [0.1, 0.15) is 5.82 Å². The molecule has 0 saturated carbocycles. The van der Waals surface area contributed by atoms with Crippen LogP contribution in [0.4, 0.5) is 10.2 Å². The number of amidine groups is 1. The number of aryl methyl sites for hydroxylation is 2. The molecule has 1 fully saturated rings. The van der Waals surface area contributed by atoms with Crippen molar-refractivity contribution >= 4 is 17.6 Å². The molecule has 4 N–H and O–H groups in total. The molecule has 4 heterocycles. The van der Waals surface area contributed by atoms with Crippen molar-refractivity contribution in [1.82, 2.24) is 25.3 Å². The molecule has 0 radical (unpaired) electrons. The van der Waals surface area contributed by atoms with Crippen molar-refractivity contribution in [3.63, 3.8) is 0 Å². The van der Waals surface area contributed by atoms with E-state index in [1.54, 1.807) is 18.9 Å². The zero-order valence-electron chi connectivity index (χ0n) is 19.3. The topological polar surface area (TPSA) is 131 Å². The fourth-order valence-electron chi connectivity index (χ4n) is 4.60. The highest BCUT2D eigenvalue weighted by atomic mass is 19.1. The molecule has 0 bridgehead atoms. The molecule has 0 aliphatic carbocycles. The van der Waals surface area contributed by atoms with Gasteiger partial charge in [-0.2, -0.15) is 10.1 Å². The molecule has 1 saturated heterocycles. The van der Waals surface area contributed by atoms with Crippen molar-refractivity contribution < 1.29 is 13.9 Å². The summed E-state index contributed by atoms with van der Waals surface area (Å²) in [4.78, 5) is 27.5. The average Bonchev–Trinajstić information content (AvgIpc) is 3.21. The molecule has 33 heavy (non-hydrogen) atoms. The second-order valence-corrected chi connectivity index (χ2v) is 8.58. The van der Waals surface area contributed by atoms with E-state index in [0.29, 0.717) is 18.9 Å². The number of rotatable bonds is 5. The Morgan fingerprint density at radius 1 is 1.42 bits per heavy atom. The van der Waals surface area contributed by atoms with Gasteiger partial charge in [0.2, 0.25) is 5.91 Å². The Hall–Kier alpha value is -3.50. The van der Waals surface area contributed by atoms with Crippen LogP contribution in [0.15, 0.2) is 17.4 Å². The molecule has 176 valence electrons. The SMILES string of the molecule is CN/N=C(\N)c1cc2c(nc1C)N[C@@]1(CC2)CCN(C(=O)[C@@H](C)c2nc(OC)ncc2F)C1. The second kappa shape index (κ2) is 8.80. The highest BCUT2D eigenvalue weighted by Crippen LogP contribution is 2.37. The lowest BCUT2D eigenvalue weighted by atomic mass is 9.86. The Balaban J connectivity index is 1.51. The minimum absolute atomic E-state index is 0.0377. The maximum absolute atomic E-state index is 14.3. The number of methoxy groups -OCH3 is 1. The number of nitrogens with one attached hydrogen (secondary N) is 2. The Labute approximate surface area is 191 Å². The molecule has 2 atom stereocenters. The zero-order chi connectivity index (χ0) is 23.8. The van der Waals surface area contributed by atoms with Crippen LogP contribution in [0.1, 0.15) is 48.2 Å². The predicted molar refractivity (Wildman–Crippen MR) is 122 cm³/mol. The predicted octanol–water partition coefficient (Wildman–Crippen LogP) is 1.30. The van der Waals surface area contributed by atoms with E-state index < -0.39 is 11.7 Å². The number of hydrogen-bond donors (Lipinski definition) is 3. The summed E-state index contributed by atoms with van der Waals surface area (Å²) in [6, 6.07) is 2.06. The van der Waals surface area contributed by atoms with Crippen LogP contribution in [0.25, 0.3) is 0 Å². The quantitative estimate of drug-likeness (QED) is 0.349.